The molecule has 1 aromatic carbocycles. The normalized spacial score (nSPS) is 18.1. The first kappa shape index (κ1) is 16.6. The van der Waals surface area contributed by atoms with Crippen molar-refractivity contribution in [3.63, 3.8) is 0 Å². The molecule has 1 unspecified atom stereocenters. The highest BCUT2D eigenvalue weighted by atomic mass is 127. The maximum absolute atomic E-state index is 3.66. The van der Waals surface area contributed by atoms with Gasteiger partial charge in [0.1, 0.15) is 0 Å². The first-order valence-corrected chi connectivity index (χ1v) is 10.00. The molecule has 1 aliphatic carbocycles. The molecule has 0 saturated heterocycles. The number of benzene rings is 1. The third-order valence-electron chi connectivity index (χ3n) is 3.97. The van der Waals surface area contributed by atoms with Crippen molar-refractivity contribution in [3.05, 3.63) is 33.4 Å². The lowest BCUT2D eigenvalue weighted by Gasteiger charge is -2.24. The molecule has 1 aromatic rings. The summed E-state index contributed by atoms with van der Waals surface area (Å²) in [6.07, 6.45) is 8.38. The lowest BCUT2D eigenvalue weighted by Crippen LogP contribution is -2.34. The highest BCUT2D eigenvalue weighted by Crippen LogP contribution is 2.28. The Kier molecular flexibility index (Phi) is 7.74. The van der Waals surface area contributed by atoms with Gasteiger partial charge in [0, 0.05) is 20.6 Å². The minimum absolute atomic E-state index is 0.618. The predicted molar refractivity (Wildman–Crippen MR) is 99.7 cm³/mol. The van der Waals surface area contributed by atoms with Gasteiger partial charge in [0.15, 0.2) is 0 Å². The van der Waals surface area contributed by atoms with E-state index in [4.69, 9.17) is 0 Å². The van der Waals surface area contributed by atoms with E-state index in [1.54, 1.807) is 0 Å². The maximum atomic E-state index is 3.66. The Labute approximate surface area is 141 Å². The molecule has 1 fully saturated rings. The van der Waals surface area contributed by atoms with Crippen molar-refractivity contribution >= 4 is 34.4 Å². The van der Waals surface area contributed by atoms with E-state index in [0.717, 1.165) is 18.2 Å². The molecule has 2 rings (SSSR count). The highest BCUT2D eigenvalue weighted by Gasteiger charge is 2.16. The van der Waals surface area contributed by atoms with E-state index in [1.165, 1.54) is 47.0 Å². The van der Waals surface area contributed by atoms with Crippen LogP contribution in [0.25, 0.3) is 0 Å². The molecule has 0 aliphatic heterocycles. The van der Waals surface area contributed by atoms with Gasteiger partial charge in [-0.25, -0.2) is 0 Å². The van der Waals surface area contributed by atoms with Gasteiger partial charge in [-0.2, -0.15) is 11.8 Å². The van der Waals surface area contributed by atoms with Gasteiger partial charge in [0.2, 0.25) is 0 Å². The number of rotatable bonds is 7. The Morgan fingerprint density at radius 1 is 1.20 bits per heavy atom. The van der Waals surface area contributed by atoms with Crippen molar-refractivity contribution in [2.24, 2.45) is 0 Å². The molecule has 0 spiro atoms. The van der Waals surface area contributed by atoms with Crippen LogP contribution in [0.3, 0.4) is 0 Å². The fourth-order valence-corrected chi connectivity index (χ4v) is 4.63. The molecule has 0 radical (unpaired) electrons. The summed E-state index contributed by atoms with van der Waals surface area (Å²) in [6.45, 7) is 3.28. The van der Waals surface area contributed by atoms with Crippen LogP contribution in [0.5, 0.6) is 0 Å². The fraction of sp³-hybridized carbons (Fsp3) is 0.647. The third-order valence-corrected chi connectivity index (χ3v) is 6.23. The van der Waals surface area contributed by atoms with E-state index in [-0.39, 0.29) is 0 Å². The smallest absolute Gasteiger partial charge is 0.0198 e. The van der Waals surface area contributed by atoms with Crippen molar-refractivity contribution in [1.29, 1.82) is 0 Å². The third kappa shape index (κ3) is 5.94. The lowest BCUT2D eigenvalue weighted by molar-refractivity contribution is 0.513. The van der Waals surface area contributed by atoms with Crippen molar-refractivity contribution in [2.45, 2.75) is 56.7 Å². The van der Waals surface area contributed by atoms with Crippen LogP contribution in [-0.4, -0.2) is 23.6 Å². The average molecular weight is 403 g/mol. The molecule has 1 nitrogen and oxygen atoms in total. The summed E-state index contributed by atoms with van der Waals surface area (Å²) in [4.78, 5) is 0. The van der Waals surface area contributed by atoms with Crippen LogP contribution in [0.1, 0.15) is 44.6 Å². The van der Waals surface area contributed by atoms with E-state index in [1.807, 2.05) is 0 Å². The molecule has 0 aromatic heterocycles. The Hall–Kier alpha value is 0.260. The largest absolute Gasteiger partial charge is 0.313 e. The summed E-state index contributed by atoms with van der Waals surface area (Å²) >= 11 is 4.58. The molecule has 0 amide bonds. The molecule has 1 saturated carbocycles. The number of likely N-dealkylation sites (N-methyl/N-ethyl adjacent to an activating group) is 1. The first-order valence-electron chi connectivity index (χ1n) is 7.87. The Morgan fingerprint density at radius 3 is 2.55 bits per heavy atom. The number of thioether (sulfide) groups is 1. The topological polar surface area (TPSA) is 12.0 Å². The van der Waals surface area contributed by atoms with Gasteiger partial charge in [-0.3, -0.25) is 0 Å². The number of hydrogen-bond donors (Lipinski definition) is 1. The van der Waals surface area contributed by atoms with Gasteiger partial charge in [-0.1, -0.05) is 38.3 Å². The number of halogens is 1. The Morgan fingerprint density at radius 2 is 1.90 bits per heavy atom. The zero-order chi connectivity index (χ0) is 14.2. The van der Waals surface area contributed by atoms with E-state index >= 15 is 0 Å². The SMILES string of the molecule is CCNC(CSC1CCCCC1)Cc1ccc(I)cc1. The van der Waals surface area contributed by atoms with Gasteiger partial charge in [-0.05, 0) is 66.1 Å². The molecule has 3 heteroatoms. The monoisotopic (exact) mass is 403 g/mol. The molecule has 1 N–H and O–H groups in total. The van der Waals surface area contributed by atoms with Crippen LogP contribution in [0.15, 0.2) is 24.3 Å². The van der Waals surface area contributed by atoms with Crippen molar-refractivity contribution in [2.75, 3.05) is 12.3 Å². The van der Waals surface area contributed by atoms with Gasteiger partial charge < -0.3 is 5.32 Å². The standard InChI is InChI=1S/C17H26INS/c1-2-19-16(12-14-8-10-15(18)11-9-14)13-20-17-6-4-3-5-7-17/h8-11,16-17,19H,2-7,12-13H2,1H3. The summed E-state index contributed by atoms with van der Waals surface area (Å²) in [6, 6.07) is 9.60. The van der Waals surface area contributed by atoms with Crippen LogP contribution < -0.4 is 5.32 Å². The van der Waals surface area contributed by atoms with E-state index in [0.29, 0.717) is 6.04 Å². The van der Waals surface area contributed by atoms with Crippen LogP contribution in [-0.2, 0) is 6.42 Å². The van der Waals surface area contributed by atoms with Gasteiger partial charge >= 0.3 is 0 Å². The molecular weight excluding hydrogens is 377 g/mol. The minimum atomic E-state index is 0.618. The molecule has 112 valence electrons. The molecule has 1 atom stereocenters. The number of nitrogens with one attached hydrogen (secondary N) is 1. The summed E-state index contributed by atoms with van der Waals surface area (Å²) in [5.74, 6) is 1.25. The van der Waals surface area contributed by atoms with Crippen LogP contribution >= 0.6 is 34.4 Å². The van der Waals surface area contributed by atoms with Gasteiger partial charge in [-0.15, -0.1) is 0 Å². The molecule has 0 heterocycles. The first-order chi connectivity index (χ1) is 9.78. The molecule has 0 bridgehead atoms. The second-order valence-corrected chi connectivity index (χ2v) is 8.26. The van der Waals surface area contributed by atoms with E-state index in [2.05, 4.69) is 70.9 Å². The van der Waals surface area contributed by atoms with Crippen LogP contribution in [0.2, 0.25) is 0 Å². The summed E-state index contributed by atoms with van der Waals surface area (Å²) in [5, 5.41) is 4.58. The maximum Gasteiger partial charge on any atom is 0.0198 e. The average Bonchev–Trinajstić information content (AvgIpc) is 2.48. The van der Waals surface area contributed by atoms with Crippen LogP contribution in [0, 0.1) is 3.57 Å². The summed E-state index contributed by atoms with van der Waals surface area (Å²) in [5.41, 5.74) is 1.46. The Bertz CT molecular complexity index is 373. The lowest BCUT2D eigenvalue weighted by atomic mass is 10.0. The second kappa shape index (κ2) is 9.31. The van der Waals surface area contributed by atoms with Gasteiger partial charge in [0.05, 0.1) is 0 Å². The zero-order valence-corrected chi connectivity index (χ0v) is 15.4. The van der Waals surface area contributed by atoms with Crippen molar-refractivity contribution < 1.29 is 0 Å². The predicted octanol–water partition coefficient (Wildman–Crippen LogP) is 4.88. The second-order valence-electron chi connectivity index (χ2n) is 5.68. The van der Waals surface area contributed by atoms with Crippen molar-refractivity contribution in [1.82, 2.24) is 5.32 Å². The molecule has 1 aliphatic rings. The Balaban J connectivity index is 1.81. The number of hydrogen-bond acceptors (Lipinski definition) is 2. The zero-order valence-electron chi connectivity index (χ0n) is 12.4. The van der Waals surface area contributed by atoms with Crippen molar-refractivity contribution in [3.8, 4) is 0 Å². The van der Waals surface area contributed by atoms with E-state index < -0.39 is 0 Å². The summed E-state index contributed by atoms with van der Waals surface area (Å²) < 4.78 is 1.32. The van der Waals surface area contributed by atoms with E-state index in [9.17, 15) is 0 Å². The molecule has 20 heavy (non-hydrogen) atoms. The summed E-state index contributed by atoms with van der Waals surface area (Å²) in [7, 11) is 0. The fourth-order valence-electron chi connectivity index (χ4n) is 2.87. The minimum Gasteiger partial charge on any atom is -0.313 e. The quantitative estimate of drug-likeness (QED) is 0.652. The van der Waals surface area contributed by atoms with Gasteiger partial charge in [0.25, 0.3) is 0 Å². The van der Waals surface area contributed by atoms with Crippen LogP contribution in [0.4, 0.5) is 0 Å². The highest BCUT2D eigenvalue weighted by molar-refractivity contribution is 14.1. The molecular formula is C17H26INS.